The van der Waals surface area contributed by atoms with Crippen LogP contribution in [0.3, 0.4) is 0 Å². The summed E-state index contributed by atoms with van der Waals surface area (Å²) in [5.41, 5.74) is 0.225. The third-order valence-corrected chi connectivity index (χ3v) is 7.86. The molecule has 0 unspecified atom stereocenters. The molecule has 7 nitrogen and oxygen atoms in total. The Bertz CT molecular complexity index is 1670. The molecule has 0 radical (unpaired) electrons. The molecule has 0 aliphatic carbocycles. The van der Waals surface area contributed by atoms with E-state index < -0.39 is 29.1 Å². The molecule has 1 aliphatic heterocycles. The summed E-state index contributed by atoms with van der Waals surface area (Å²) in [4.78, 5) is 28.0. The Morgan fingerprint density at radius 2 is 1.56 bits per heavy atom. The standard InChI is InChI=1S/C35H36F3NO6/c1-3-9-23-10-14-26(15-11-23)43-32-30(40)27-18-19-29(44-34(41)24-12-16-25(17-13-24)42-4-2)28(22-39-20-7-5-6-8-21-39)31(27)45-33(32)35(36,37)38/h10-19H,3-9,20-22H2,1-2H3/p+1. The molecule has 1 aromatic heterocycles. The number of hydrogen-bond acceptors (Lipinski definition) is 6. The number of alkyl halides is 3. The van der Waals surface area contributed by atoms with Crippen molar-refractivity contribution in [2.24, 2.45) is 0 Å². The number of benzene rings is 3. The Balaban J connectivity index is 1.59. The van der Waals surface area contributed by atoms with Crippen LogP contribution in [0.2, 0.25) is 0 Å². The van der Waals surface area contributed by atoms with Gasteiger partial charge in [0.15, 0.2) is 5.58 Å². The molecule has 0 bridgehead atoms. The second kappa shape index (κ2) is 14.2. The predicted molar refractivity (Wildman–Crippen MR) is 163 cm³/mol. The Labute approximate surface area is 259 Å². The van der Waals surface area contributed by atoms with E-state index in [1.54, 1.807) is 36.4 Å². The van der Waals surface area contributed by atoms with Crippen LogP contribution in [-0.2, 0) is 19.1 Å². The Hall–Kier alpha value is -4.31. The summed E-state index contributed by atoms with van der Waals surface area (Å²) in [5.74, 6) is -2.47. The van der Waals surface area contributed by atoms with Gasteiger partial charge in [-0.2, -0.15) is 13.2 Å². The molecule has 0 saturated carbocycles. The smallest absolute Gasteiger partial charge is 0.453 e. The van der Waals surface area contributed by atoms with Crippen molar-refractivity contribution in [3.63, 3.8) is 0 Å². The van der Waals surface area contributed by atoms with Crippen LogP contribution in [0, 0.1) is 0 Å². The van der Waals surface area contributed by atoms with Crippen LogP contribution in [0.4, 0.5) is 13.2 Å². The maximum Gasteiger partial charge on any atom is 0.453 e. The molecular formula is C35H37F3NO6+. The summed E-state index contributed by atoms with van der Waals surface area (Å²) < 4.78 is 65.8. The summed E-state index contributed by atoms with van der Waals surface area (Å²) >= 11 is 0. The summed E-state index contributed by atoms with van der Waals surface area (Å²) in [7, 11) is 0. The minimum absolute atomic E-state index is 0.0367. The highest BCUT2D eigenvalue weighted by molar-refractivity contribution is 5.92. The average Bonchev–Trinajstić information content (AvgIpc) is 3.29. The Morgan fingerprint density at radius 1 is 0.889 bits per heavy atom. The highest BCUT2D eigenvalue weighted by Crippen LogP contribution is 2.40. The van der Waals surface area contributed by atoms with E-state index in [-0.39, 0.29) is 40.1 Å². The third kappa shape index (κ3) is 7.68. The summed E-state index contributed by atoms with van der Waals surface area (Å²) in [6, 6.07) is 15.7. The molecule has 3 aromatic carbocycles. The van der Waals surface area contributed by atoms with Crippen molar-refractivity contribution in [1.82, 2.24) is 0 Å². The number of rotatable bonds is 10. The van der Waals surface area contributed by atoms with Gasteiger partial charge in [-0.15, -0.1) is 0 Å². The lowest BCUT2D eigenvalue weighted by Crippen LogP contribution is -3.10. The van der Waals surface area contributed by atoms with Crippen molar-refractivity contribution in [1.29, 1.82) is 0 Å². The highest BCUT2D eigenvalue weighted by atomic mass is 19.4. The van der Waals surface area contributed by atoms with Crippen LogP contribution in [0.15, 0.2) is 69.9 Å². The molecule has 10 heteroatoms. The van der Waals surface area contributed by atoms with Gasteiger partial charge in [0.25, 0.3) is 5.76 Å². The largest absolute Gasteiger partial charge is 0.494 e. The third-order valence-electron chi connectivity index (χ3n) is 7.86. The monoisotopic (exact) mass is 624 g/mol. The molecule has 0 spiro atoms. The number of likely N-dealkylation sites (tertiary alicyclic amines) is 1. The molecule has 1 fully saturated rings. The van der Waals surface area contributed by atoms with Crippen LogP contribution in [-0.4, -0.2) is 25.7 Å². The van der Waals surface area contributed by atoms with Crippen LogP contribution in [0.1, 0.15) is 73.2 Å². The predicted octanol–water partition coefficient (Wildman–Crippen LogP) is 7.13. The normalized spacial score (nSPS) is 14.2. The lowest BCUT2D eigenvalue weighted by molar-refractivity contribution is -0.913. The Morgan fingerprint density at radius 3 is 2.18 bits per heavy atom. The van der Waals surface area contributed by atoms with Gasteiger partial charge in [-0.3, -0.25) is 4.79 Å². The van der Waals surface area contributed by atoms with E-state index >= 15 is 0 Å². The van der Waals surface area contributed by atoms with E-state index in [9.17, 15) is 22.8 Å². The van der Waals surface area contributed by atoms with E-state index in [1.165, 1.54) is 24.3 Å². The van der Waals surface area contributed by atoms with Crippen molar-refractivity contribution in [2.45, 2.75) is 65.1 Å². The van der Waals surface area contributed by atoms with Crippen LogP contribution in [0.25, 0.3) is 11.0 Å². The van der Waals surface area contributed by atoms with E-state index in [4.69, 9.17) is 18.6 Å². The fourth-order valence-corrected chi connectivity index (χ4v) is 5.62. The molecule has 0 atom stereocenters. The molecule has 238 valence electrons. The highest BCUT2D eigenvalue weighted by Gasteiger charge is 2.41. The van der Waals surface area contributed by atoms with Gasteiger partial charge in [0.2, 0.25) is 11.2 Å². The van der Waals surface area contributed by atoms with E-state index in [2.05, 4.69) is 0 Å². The number of hydrogen-bond donors (Lipinski definition) is 1. The van der Waals surface area contributed by atoms with Crippen molar-refractivity contribution in [3.05, 3.63) is 93.3 Å². The first kappa shape index (κ1) is 32.1. The molecule has 1 N–H and O–H groups in total. The van der Waals surface area contributed by atoms with Crippen molar-refractivity contribution in [2.75, 3.05) is 19.7 Å². The van der Waals surface area contributed by atoms with Gasteiger partial charge in [0.1, 0.15) is 23.8 Å². The first-order valence-electron chi connectivity index (χ1n) is 15.4. The van der Waals surface area contributed by atoms with Gasteiger partial charge in [0, 0.05) is 0 Å². The summed E-state index contributed by atoms with van der Waals surface area (Å²) in [5, 5.41) is -0.0920. The first-order valence-corrected chi connectivity index (χ1v) is 15.4. The number of ether oxygens (including phenoxy) is 3. The number of nitrogens with one attached hydrogen (secondary N) is 1. The number of carbonyl (C=O) groups excluding carboxylic acids is 1. The second-order valence-corrected chi connectivity index (χ2v) is 11.2. The second-order valence-electron chi connectivity index (χ2n) is 11.2. The number of quaternary nitrogens is 1. The Kier molecular flexibility index (Phi) is 10.1. The molecule has 0 amide bonds. The quantitative estimate of drug-likeness (QED) is 0.149. The maximum absolute atomic E-state index is 14.5. The zero-order chi connectivity index (χ0) is 32.0. The number of halogens is 3. The summed E-state index contributed by atoms with van der Waals surface area (Å²) in [6.45, 7) is 6.12. The first-order chi connectivity index (χ1) is 21.7. The van der Waals surface area contributed by atoms with Crippen molar-refractivity contribution >= 4 is 16.9 Å². The van der Waals surface area contributed by atoms with Crippen molar-refractivity contribution < 1.29 is 41.5 Å². The van der Waals surface area contributed by atoms with Crippen LogP contribution < -0.4 is 24.5 Å². The maximum atomic E-state index is 14.5. The zero-order valence-electron chi connectivity index (χ0n) is 25.4. The van der Waals surface area contributed by atoms with Gasteiger partial charge in [-0.25, -0.2) is 4.79 Å². The molecule has 1 saturated heterocycles. The van der Waals surface area contributed by atoms with Crippen molar-refractivity contribution in [3.8, 4) is 23.0 Å². The van der Waals surface area contributed by atoms with Gasteiger partial charge in [0.05, 0.1) is 36.2 Å². The van der Waals surface area contributed by atoms with Gasteiger partial charge < -0.3 is 23.5 Å². The average molecular weight is 625 g/mol. The number of carbonyl (C=O) groups is 1. The summed E-state index contributed by atoms with van der Waals surface area (Å²) in [6.07, 6.45) is 0.706. The molecule has 45 heavy (non-hydrogen) atoms. The van der Waals surface area contributed by atoms with Crippen LogP contribution in [0.5, 0.6) is 23.0 Å². The van der Waals surface area contributed by atoms with Gasteiger partial charge in [-0.1, -0.05) is 25.5 Å². The number of aryl methyl sites for hydroxylation is 1. The van der Waals surface area contributed by atoms with E-state index in [1.807, 2.05) is 13.8 Å². The van der Waals surface area contributed by atoms with E-state index in [0.717, 1.165) is 62.1 Å². The molecule has 4 aromatic rings. The molecule has 5 rings (SSSR count). The minimum Gasteiger partial charge on any atom is -0.494 e. The number of esters is 1. The molecule has 2 heterocycles. The van der Waals surface area contributed by atoms with Gasteiger partial charge >= 0.3 is 12.1 Å². The lowest BCUT2D eigenvalue weighted by atomic mass is 10.1. The minimum atomic E-state index is -5.04. The van der Waals surface area contributed by atoms with Gasteiger partial charge in [-0.05, 0) is 93.1 Å². The fourth-order valence-electron chi connectivity index (χ4n) is 5.62. The fraction of sp³-hybridized carbons (Fsp3) is 0.371. The number of fused-ring (bicyclic) bond motifs is 1. The SMILES string of the molecule is CCCc1ccc(Oc2c(C(F)(F)F)oc3c(C[NH+]4CCCCCC4)c(OC(=O)c4ccc(OCC)cc4)ccc3c2=O)cc1. The molecule has 1 aliphatic rings. The molecular weight excluding hydrogens is 587 g/mol. The van der Waals surface area contributed by atoms with E-state index in [0.29, 0.717) is 12.4 Å². The zero-order valence-corrected chi connectivity index (χ0v) is 25.4. The van der Waals surface area contributed by atoms with Crippen LogP contribution >= 0.6 is 0 Å². The topological polar surface area (TPSA) is 79.4 Å². The lowest BCUT2D eigenvalue weighted by Gasteiger charge is -2.20.